The Bertz CT molecular complexity index is 714. The number of unbranched alkanes of at least 4 members (excludes halogenated alkanes) is 4. The number of nitrogens with two attached hydrogens (primary N) is 1. The van der Waals surface area contributed by atoms with Crippen molar-refractivity contribution in [1.29, 1.82) is 0 Å². The minimum atomic E-state index is -0.572. The van der Waals surface area contributed by atoms with Crippen molar-refractivity contribution in [3.8, 4) is 0 Å². The second kappa shape index (κ2) is 11.1. The van der Waals surface area contributed by atoms with Crippen molar-refractivity contribution < 1.29 is 9.59 Å². The average Bonchev–Trinajstić information content (AvgIpc) is 3.09. The van der Waals surface area contributed by atoms with E-state index in [1.807, 2.05) is 30.3 Å². The number of nitrogens with zero attached hydrogens (tertiary/aromatic N) is 3. The summed E-state index contributed by atoms with van der Waals surface area (Å²) >= 11 is 0. The number of carbonyl (C=O) groups is 2. The van der Waals surface area contributed by atoms with E-state index in [0.717, 1.165) is 24.8 Å². The van der Waals surface area contributed by atoms with Gasteiger partial charge in [-0.25, -0.2) is 9.67 Å². The number of rotatable bonds is 12. The van der Waals surface area contributed by atoms with Crippen LogP contribution in [0.5, 0.6) is 0 Å². The highest BCUT2D eigenvalue weighted by atomic mass is 16.2. The lowest BCUT2D eigenvalue weighted by Crippen LogP contribution is -2.33. The first kappa shape index (κ1) is 20.6. The molecule has 7 nitrogen and oxygen atoms in total. The highest BCUT2D eigenvalue weighted by Gasteiger charge is 2.22. The first-order chi connectivity index (χ1) is 13.1. The Morgan fingerprint density at radius 3 is 2.59 bits per heavy atom. The molecule has 0 aliphatic heterocycles. The standard InChI is InChI=1S/C20H29N5O2/c1-2-3-4-5-9-12-19(27)24-17(13-18(21)26)20-22-15-23-25(20)14-16-10-7-6-8-11-16/h6-8,10-11,15,17H,2-5,9,12-14H2,1H3,(H2,21,26)(H,24,27)/t17-/m1/s1. The third kappa shape index (κ3) is 7.21. The van der Waals surface area contributed by atoms with Gasteiger partial charge in [-0.2, -0.15) is 5.10 Å². The van der Waals surface area contributed by atoms with Crippen LogP contribution in [0, 0.1) is 0 Å². The summed E-state index contributed by atoms with van der Waals surface area (Å²) in [6.07, 6.45) is 7.24. The molecule has 1 atom stereocenters. The van der Waals surface area contributed by atoms with Gasteiger partial charge in [-0.3, -0.25) is 9.59 Å². The highest BCUT2D eigenvalue weighted by Crippen LogP contribution is 2.16. The molecule has 2 rings (SSSR count). The lowest BCUT2D eigenvalue weighted by Gasteiger charge is -2.18. The monoisotopic (exact) mass is 371 g/mol. The summed E-state index contributed by atoms with van der Waals surface area (Å²) in [4.78, 5) is 28.1. The van der Waals surface area contributed by atoms with E-state index >= 15 is 0 Å². The molecular weight excluding hydrogens is 342 g/mol. The van der Waals surface area contributed by atoms with Crippen LogP contribution in [-0.2, 0) is 16.1 Å². The first-order valence-electron chi connectivity index (χ1n) is 9.59. The Balaban J connectivity index is 2.00. The van der Waals surface area contributed by atoms with Crippen molar-refractivity contribution in [3.63, 3.8) is 0 Å². The van der Waals surface area contributed by atoms with E-state index in [1.54, 1.807) is 4.68 Å². The van der Waals surface area contributed by atoms with Crippen molar-refractivity contribution in [2.75, 3.05) is 0 Å². The zero-order valence-corrected chi connectivity index (χ0v) is 15.9. The van der Waals surface area contributed by atoms with Crippen molar-refractivity contribution in [2.24, 2.45) is 5.73 Å². The van der Waals surface area contributed by atoms with E-state index in [4.69, 9.17) is 5.73 Å². The summed E-state index contributed by atoms with van der Waals surface area (Å²) in [5.74, 6) is -0.0403. The Kier molecular flexibility index (Phi) is 8.48. The summed E-state index contributed by atoms with van der Waals surface area (Å²) < 4.78 is 1.70. The quantitative estimate of drug-likeness (QED) is 0.560. The molecule has 0 radical (unpaired) electrons. The van der Waals surface area contributed by atoms with Gasteiger partial charge in [-0.15, -0.1) is 0 Å². The number of primary amides is 1. The predicted octanol–water partition coefficient (Wildman–Crippen LogP) is 2.72. The largest absolute Gasteiger partial charge is 0.370 e. The number of nitrogens with one attached hydrogen (secondary N) is 1. The number of hydrogen-bond acceptors (Lipinski definition) is 4. The molecule has 0 fully saturated rings. The molecule has 0 unspecified atom stereocenters. The summed E-state index contributed by atoms with van der Waals surface area (Å²) in [5.41, 5.74) is 6.44. The molecule has 0 spiro atoms. The zero-order chi connectivity index (χ0) is 19.5. The molecule has 0 aliphatic rings. The van der Waals surface area contributed by atoms with Crippen molar-refractivity contribution in [2.45, 2.75) is 64.5 Å². The summed E-state index contributed by atoms with van der Waals surface area (Å²) in [5, 5.41) is 7.15. The van der Waals surface area contributed by atoms with Gasteiger partial charge in [0.25, 0.3) is 0 Å². The number of aromatic nitrogens is 3. The molecule has 0 bridgehead atoms. The van der Waals surface area contributed by atoms with Gasteiger partial charge in [0, 0.05) is 6.42 Å². The predicted molar refractivity (Wildman–Crippen MR) is 104 cm³/mol. The Labute approximate surface area is 160 Å². The van der Waals surface area contributed by atoms with Crippen molar-refractivity contribution in [3.05, 3.63) is 48.0 Å². The Morgan fingerprint density at radius 1 is 1.15 bits per heavy atom. The summed E-state index contributed by atoms with van der Waals surface area (Å²) in [7, 11) is 0. The van der Waals surface area contributed by atoms with Gasteiger partial charge >= 0.3 is 0 Å². The lowest BCUT2D eigenvalue weighted by atomic mass is 10.1. The fourth-order valence-corrected chi connectivity index (χ4v) is 2.98. The number of amides is 2. The number of hydrogen-bond donors (Lipinski definition) is 2. The van der Waals surface area contributed by atoms with E-state index < -0.39 is 11.9 Å². The minimum Gasteiger partial charge on any atom is -0.370 e. The fourth-order valence-electron chi connectivity index (χ4n) is 2.98. The van der Waals surface area contributed by atoms with Crippen molar-refractivity contribution in [1.82, 2.24) is 20.1 Å². The smallest absolute Gasteiger partial charge is 0.220 e. The molecule has 1 heterocycles. The second-order valence-corrected chi connectivity index (χ2v) is 6.72. The van der Waals surface area contributed by atoms with E-state index in [2.05, 4.69) is 22.3 Å². The van der Waals surface area contributed by atoms with Crippen LogP contribution in [0.4, 0.5) is 0 Å². The van der Waals surface area contributed by atoms with Gasteiger partial charge in [0.15, 0.2) is 0 Å². The van der Waals surface area contributed by atoms with Crippen LogP contribution in [0.15, 0.2) is 36.7 Å². The average molecular weight is 371 g/mol. The van der Waals surface area contributed by atoms with Crippen LogP contribution in [-0.4, -0.2) is 26.6 Å². The Morgan fingerprint density at radius 2 is 1.89 bits per heavy atom. The van der Waals surface area contributed by atoms with Crippen LogP contribution in [0.1, 0.15) is 69.3 Å². The van der Waals surface area contributed by atoms with E-state index in [-0.39, 0.29) is 12.3 Å². The van der Waals surface area contributed by atoms with Crippen molar-refractivity contribution >= 4 is 11.8 Å². The normalized spacial score (nSPS) is 11.9. The first-order valence-corrected chi connectivity index (χ1v) is 9.59. The maximum atomic E-state index is 12.3. The number of carbonyl (C=O) groups excluding carboxylic acids is 2. The molecule has 0 saturated heterocycles. The molecule has 146 valence electrons. The lowest BCUT2D eigenvalue weighted by molar-refractivity contribution is -0.122. The van der Waals surface area contributed by atoms with Gasteiger partial charge in [0.05, 0.1) is 19.0 Å². The van der Waals surface area contributed by atoms with Gasteiger partial charge < -0.3 is 11.1 Å². The SMILES string of the molecule is CCCCCCCC(=O)N[C@H](CC(N)=O)c1ncnn1Cc1ccccc1. The molecule has 7 heteroatoms. The molecule has 1 aromatic heterocycles. The maximum Gasteiger partial charge on any atom is 0.220 e. The molecule has 0 aliphatic carbocycles. The van der Waals surface area contributed by atoms with Gasteiger partial charge in [-0.05, 0) is 12.0 Å². The second-order valence-electron chi connectivity index (χ2n) is 6.72. The van der Waals surface area contributed by atoms with E-state index in [1.165, 1.54) is 19.2 Å². The molecule has 1 aromatic carbocycles. The molecule has 2 aromatic rings. The molecule has 2 amide bonds. The molecule has 27 heavy (non-hydrogen) atoms. The third-order valence-electron chi connectivity index (χ3n) is 4.38. The summed E-state index contributed by atoms with van der Waals surface area (Å²) in [6, 6.07) is 9.26. The van der Waals surface area contributed by atoms with Crippen LogP contribution < -0.4 is 11.1 Å². The molecule has 3 N–H and O–H groups in total. The summed E-state index contributed by atoms with van der Waals surface area (Å²) in [6.45, 7) is 2.67. The molecule has 0 saturated carbocycles. The van der Waals surface area contributed by atoms with E-state index in [0.29, 0.717) is 18.8 Å². The minimum absolute atomic E-state index is 0.00490. The Hall–Kier alpha value is -2.70. The van der Waals surface area contributed by atoms with Crippen LogP contribution in [0.3, 0.4) is 0 Å². The fraction of sp³-hybridized carbons (Fsp3) is 0.500. The van der Waals surface area contributed by atoms with Gasteiger partial charge in [-0.1, -0.05) is 62.9 Å². The number of benzene rings is 1. The zero-order valence-electron chi connectivity index (χ0n) is 15.9. The third-order valence-corrected chi connectivity index (χ3v) is 4.38. The van der Waals surface area contributed by atoms with Crippen LogP contribution >= 0.6 is 0 Å². The van der Waals surface area contributed by atoms with E-state index in [9.17, 15) is 9.59 Å². The highest BCUT2D eigenvalue weighted by molar-refractivity contribution is 5.79. The molecular formula is C20H29N5O2. The topological polar surface area (TPSA) is 103 Å². The van der Waals surface area contributed by atoms with Gasteiger partial charge in [0.1, 0.15) is 12.2 Å². The van der Waals surface area contributed by atoms with Crippen LogP contribution in [0.2, 0.25) is 0 Å². The van der Waals surface area contributed by atoms with Gasteiger partial charge in [0.2, 0.25) is 11.8 Å². The maximum absolute atomic E-state index is 12.3. The van der Waals surface area contributed by atoms with Crippen LogP contribution in [0.25, 0.3) is 0 Å².